The summed E-state index contributed by atoms with van der Waals surface area (Å²) >= 11 is 0. The average Bonchev–Trinajstić information content (AvgIpc) is 2.14. The summed E-state index contributed by atoms with van der Waals surface area (Å²) in [4.78, 5) is 0. The molecule has 0 aliphatic rings. The van der Waals surface area contributed by atoms with Gasteiger partial charge in [0, 0.05) is 0 Å². The summed E-state index contributed by atoms with van der Waals surface area (Å²) in [5.74, 6) is 1.65. The fourth-order valence-electron chi connectivity index (χ4n) is 0.655. The second-order valence-electron chi connectivity index (χ2n) is 3.27. The number of hydrogen-bond acceptors (Lipinski definition) is 0. The van der Waals surface area contributed by atoms with Crippen molar-refractivity contribution in [2.24, 2.45) is 0 Å². The Labute approximate surface area is 102 Å². The first-order valence-corrected chi connectivity index (χ1v) is 5.33. The monoisotopic (exact) mass is 194 g/mol. The van der Waals surface area contributed by atoms with Crippen LogP contribution in [-0.4, -0.2) is 23.1 Å². The first kappa shape index (κ1) is 19.4. The van der Waals surface area contributed by atoms with Gasteiger partial charge in [0.2, 0.25) is 0 Å². The second kappa shape index (κ2) is 18.5. The van der Waals surface area contributed by atoms with E-state index in [1.807, 2.05) is 0 Å². The van der Waals surface area contributed by atoms with Gasteiger partial charge in [-0.3, -0.25) is 0 Å². The predicted molar refractivity (Wildman–Crippen MR) is 64.8 cm³/mol. The van der Waals surface area contributed by atoms with Crippen LogP contribution >= 0.6 is 0 Å². The van der Waals surface area contributed by atoms with Gasteiger partial charge in [-0.1, -0.05) is 40.0 Å². The summed E-state index contributed by atoms with van der Waals surface area (Å²) < 4.78 is 0. The molecule has 0 unspecified atom stereocenters. The Hall–Kier alpha value is 0.766. The van der Waals surface area contributed by atoms with Gasteiger partial charge < -0.3 is 12.8 Å². The first-order valence-electron chi connectivity index (χ1n) is 5.33. The maximum atomic E-state index is 3.60. The van der Waals surface area contributed by atoms with Crippen molar-refractivity contribution in [3.05, 3.63) is 12.8 Å². The second-order valence-corrected chi connectivity index (χ2v) is 3.27. The van der Waals surface area contributed by atoms with Gasteiger partial charge in [0.05, 0.1) is 0 Å². The van der Waals surface area contributed by atoms with Crippen molar-refractivity contribution in [2.45, 2.75) is 66.2 Å². The van der Waals surface area contributed by atoms with Crippen LogP contribution < -0.4 is 0 Å². The van der Waals surface area contributed by atoms with Gasteiger partial charge in [0.25, 0.3) is 0 Å². The van der Waals surface area contributed by atoms with Crippen LogP contribution in [0.25, 0.3) is 0 Å². The molecule has 0 N–H and O–H groups in total. The largest absolute Gasteiger partial charge is 2.00 e. The average molecular weight is 195 g/mol. The maximum absolute atomic E-state index is 3.60. The summed E-state index contributed by atoms with van der Waals surface area (Å²) in [7, 11) is 0. The smallest absolute Gasteiger partial charge is 0.343 e. The minimum Gasteiger partial charge on any atom is -0.343 e. The molecule has 1 heteroatoms. The Kier molecular flexibility index (Phi) is 27.6. The summed E-state index contributed by atoms with van der Waals surface area (Å²) in [6.07, 6.45) is 7.59. The molecule has 0 aliphatic carbocycles. The molecule has 0 heterocycles. The third kappa shape index (κ3) is 24.5. The van der Waals surface area contributed by atoms with Crippen molar-refractivity contribution in [1.82, 2.24) is 0 Å². The zero-order valence-corrected chi connectivity index (χ0v) is 11.6. The zero-order valence-electron chi connectivity index (χ0n) is 10.2. The molecule has 0 amide bonds. The summed E-state index contributed by atoms with van der Waals surface area (Å²) in [5.41, 5.74) is 0. The SMILES string of the molecule is CCCC[C-](C)CC.[CH2-]CCC.[Mg+2]. The molecule has 0 saturated heterocycles. The van der Waals surface area contributed by atoms with E-state index < -0.39 is 0 Å². The van der Waals surface area contributed by atoms with E-state index in [0.29, 0.717) is 0 Å². The van der Waals surface area contributed by atoms with Gasteiger partial charge in [-0.15, -0.1) is 0 Å². The fourth-order valence-corrected chi connectivity index (χ4v) is 0.655. The van der Waals surface area contributed by atoms with E-state index in [-0.39, 0.29) is 23.1 Å². The van der Waals surface area contributed by atoms with Crippen molar-refractivity contribution >= 4 is 23.1 Å². The molecule has 0 aromatic carbocycles. The van der Waals surface area contributed by atoms with Crippen LogP contribution in [0.5, 0.6) is 0 Å². The van der Waals surface area contributed by atoms with Crippen molar-refractivity contribution in [3.63, 3.8) is 0 Å². The molecule has 0 aromatic heterocycles. The van der Waals surface area contributed by atoms with E-state index in [1.54, 1.807) is 5.92 Å². The van der Waals surface area contributed by atoms with Gasteiger partial charge in [0.1, 0.15) is 0 Å². The standard InChI is InChI=1S/C8H17.C4H9.Mg/c1-4-6-7-8(3)5-2;1-3-4-2;/h4-7H2,1-3H3;1,3-4H2,2H3;/q2*-1;+2. The van der Waals surface area contributed by atoms with Crippen molar-refractivity contribution in [1.29, 1.82) is 0 Å². The third-order valence-electron chi connectivity index (χ3n) is 1.91. The van der Waals surface area contributed by atoms with Crippen LogP contribution in [0.15, 0.2) is 0 Å². The molecule has 0 bridgehead atoms. The topological polar surface area (TPSA) is 0 Å². The van der Waals surface area contributed by atoms with Crippen LogP contribution in [0.1, 0.15) is 66.2 Å². The molecular weight excluding hydrogens is 168 g/mol. The minimum absolute atomic E-state index is 0. The summed E-state index contributed by atoms with van der Waals surface area (Å²) in [5, 5.41) is 0. The molecule has 0 radical (unpaired) electrons. The predicted octanol–water partition coefficient (Wildman–Crippen LogP) is 4.42. The molecule has 0 fully saturated rings. The van der Waals surface area contributed by atoms with Crippen LogP contribution in [-0.2, 0) is 0 Å². The van der Waals surface area contributed by atoms with E-state index >= 15 is 0 Å². The molecule has 13 heavy (non-hydrogen) atoms. The van der Waals surface area contributed by atoms with Gasteiger partial charge in [-0.05, 0) is 0 Å². The molecule has 0 rings (SSSR count). The minimum atomic E-state index is 0. The maximum Gasteiger partial charge on any atom is 2.00 e. The van der Waals surface area contributed by atoms with E-state index in [4.69, 9.17) is 0 Å². The Balaban J connectivity index is -0.000000173. The molecular formula is C12H26Mg. The van der Waals surface area contributed by atoms with Crippen LogP contribution in [0.4, 0.5) is 0 Å². The van der Waals surface area contributed by atoms with E-state index in [9.17, 15) is 0 Å². The Bertz CT molecular complexity index is 60.1. The van der Waals surface area contributed by atoms with Crippen LogP contribution in [0.2, 0.25) is 0 Å². The van der Waals surface area contributed by atoms with Crippen molar-refractivity contribution in [3.8, 4) is 0 Å². The number of unbranched alkanes of at least 4 members (excludes halogenated alkanes) is 2. The molecule has 0 nitrogen and oxygen atoms in total. The molecule has 0 aliphatic heterocycles. The van der Waals surface area contributed by atoms with Crippen LogP contribution in [0, 0.1) is 12.8 Å². The molecule has 0 saturated carbocycles. The number of rotatable bonds is 5. The summed E-state index contributed by atoms with van der Waals surface area (Å²) in [6.45, 7) is 12.4. The third-order valence-corrected chi connectivity index (χ3v) is 1.91. The quantitative estimate of drug-likeness (QED) is 0.449. The molecule has 0 aromatic rings. The van der Waals surface area contributed by atoms with Crippen molar-refractivity contribution in [2.75, 3.05) is 0 Å². The van der Waals surface area contributed by atoms with Crippen molar-refractivity contribution < 1.29 is 0 Å². The molecule has 0 atom stereocenters. The summed E-state index contributed by atoms with van der Waals surface area (Å²) in [6, 6.07) is 0. The van der Waals surface area contributed by atoms with Gasteiger partial charge in [0.15, 0.2) is 0 Å². The normalized spacial score (nSPS) is 8.77. The van der Waals surface area contributed by atoms with Gasteiger partial charge in [-0.25, -0.2) is 0 Å². The Morgan fingerprint density at radius 3 is 1.77 bits per heavy atom. The molecule has 0 spiro atoms. The zero-order chi connectivity index (χ0) is 9.82. The van der Waals surface area contributed by atoms with E-state index in [2.05, 4.69) is 34.6 Å². The van der Waals surface area contributed by atoms with E-state index in [1.165, 1.54) is 32.1 Å². The van der Waals surface area contributed by atoms with E-state index in [0.717, 1.165) is 6.42 Å². The Morgan fingerprint density at radius 1 is 1.08 bits per heavy atom. The van der Waals surface area contributed by atoms with Crippen LogP contribution in [0.3, 0.4) is 0 Å². The van der Waals surface area contributed by atoms with Gasteiger partial charge >= 0.3 is 23.1 Å². The molecule has 76 valence electrons. The first-order chi connectivity index (χ1) is 5.72. The fraction of sp³-hybridized carbons (Fsp3) is 0.833. The van der Waals surface area contributed by atoms with Gasteiger partial charge in [-0.2, -0.15) is 26.2 Å². The Morgan fingerprint density at radius 2 is 1.54 bits per heavy atom. The number of hydrogen-bond donors (Lipinski definition) is 0.